The van der Waals surface area contributed by atoms with Gasteiger partial charge in [0.1, 0.15) is 5.78 Å². The lowest BCUT2D eigenvalue weighted by Gasteiger charge is -2.50. The van der Waals surface area contributed by atoms with Crippen LogP contribution in [0.3, 0.4) is 0 Å². The molecule has 1 aliphatic rings. The molecule has 4 aromatic carbocycles. The van der Waals surface area contributed by atoms with Crippen LogP contribution >= 0.6 is 17.2 Å². The summed E-state index contributed by atoms with van der Waals surface area (Å²) >= 11 is 0. The molecule has 0 spiro atoms. The normalized spacial score (nSPS) is 14.7. The largest absolute Gasteiger partial charge is 0.300 e. The van der Waals surface area contributed by atoms with E-state index in [2.05, 4.69) is 193 Å². The number of carbonyl (C=O) groups is 2. The molecule has 64 heavy (non-hydrogen) atoms. The first-order chi connectivity index (χ1) is 29.6. The van der Waals surface area contributed by atoms with E-state index in [1.807, 2.05) is 27.7 Å². The number of benzene rings is 4. The van der Waals surface area contributed by atoms with Crippen molar-refractivity contribution in [2.24, 2.45) is 0 Å². The zero-order valence-electron chi connectivity index (χ0n) is 43.8. The Morgan fingerprint density at radius 2 is 0.859 bits per heavy atom. The first-order valence-electron chi connectivity index (χ1n) is 24.1. The molecule has 0 aliphatic carbocycles. The Morgan fingerprint density at radius 1 is 0.531 bits per heavy atom. The molecule has 1 heterocycles. The lowest BCUT2D eigenvalue weighted by atomic mass is 9.82. The minimum absolute atomic E-state index is 0.00185. The van der Waals surface area contributed by atoms with Gasteiger partial charge in [-0.1, -0.05) is 203 Å². The fraction of sp³-hybridized carbons (Fsp3) is 0.500. The maximum absolute atomic E-state index is 12.6. The SMILES string of the molecule is CC(C)=CC(=O)C=C(C)C.CC(C)c1cc(C(C)C)c(-c2ccccc2P)c(C(C)C)c1.CC(C)c1cc(C(C)C)c(-c2ccccc2P2C(C)(C)CC(=O)CC2(C)C)c(C(C)C)c1. The summed E-state index contributed by atoms with van der Waals surface area (Å²) in [4.78, 5) is 23.5. The third kappa shape index (κ3) is 14.3. The topological polar surface area (TPSA) is 34.1 Å². The van der Waals surface area contributed by atoms with Crippen LogP contribution in [0.2, 0.25) is 0 Å². The Morgan fingerprint density at radius 3 is 1.19 bits per heavy atom. The zero-order chi connectivity index (χ0) is 48.6. The van der Waals surface area contributed by atoms with E-state index in [1.54, 1.807) is 12.2 Å². The fourth-order valence-electron chi connectivity index (χ4n) is 9.41. The van der Waals surface area contributed by atoms with Crippen molar-refractivity contribution in [2.45, 2.75) is 197 Å². The van der Waals surface area contributed by atoms with Gasteiger partial charge in [0.25, 0.3) is 0 Å². The van der Waals surface area contributed by atoms with E-state index in [4.69, 9.17) is 0 Å². The van der Waals surface area contributed by atoms with Crippen LogP contribution in [0.1, 0.15) is 220 Å². The molecule has 4 aromatic rings. The molecular weight excluding hydrogens is 815 g/mol. The van der Waals surface area contributed by atoms with E-state index < -0.39 is 7.92 Å². The molecule has 0 bridgehead atoms. The Balaban J connectivity index is 0.000000293. The van der Waals surface area contributed by atoms with Crippen molar-refractivity contribution in [2.75, 3.05) is 0 Å². The predicted octanol–water partition coefficient (Wildman–Crippen LogP) is 17.5. The monoisotopic (exact) mass is 901 g/mol. The van der Waals surface area contributed by atoms with Gasteiger partial charge < -0.3 is 0 Å². The summed E-state index contributed by atoms with van der Waals surface area (Å²) < 4.78 is 0. The van der Waals surface area contributed by atoms with Gasteiger partial charge in [0.2, 0.25) is 0 Å². The summed E-state index contributed by atoms with van der Waals surface area (Å²) in [7, 11) is 2.37. The second-order valence-corrected chi connectivity index (χ2v) is 26.1. The number of Topliss-reactive ketones (excluding diaryl/α,β-unsaturated/α-hetero) is 1. The van der Waals surface area contributed by atoms with E-state index in [-0.39, 0.29) is 16.1 Å². The Labute approximate surface area is 396 Å². The van der Waals surface area contributed by atoms with E-state index >= 15 is 0 Å². The van der Waals surface area contributed by atoms with Crippen LogP contribution in [0.4, 0.5) is 0 Å². The molecule has 348 valence electrons. The fourth-order valence-corrected chi connectivity index (χ4v) is 14.0. The standard InChI is InChI=1S/C30H43OP.C21H29P.C9H14O/c1-19(2)22-15-25(20(3)4)28(26(16-22)21(5)6)24-13-11-12-14-27(24)32-29(7,8)17-23(31)18-30(32,9)10;1-13(2)16-11-18(14(3)4)21(19(12-16)15(5)6)17-9-7-8-10-20(17)22;1-7(2)5-9(10)6-8(3)4/h11-16,19-21H,17-18H2,1-10H3;7-15H,22H2,1-6H3;5-6H,1-4H3. The summed E-state index contributed by atoms with van der Waals surface area (Å²) in [5.74, 6) is 3.54. The molecule has 1 saturated heterocycles. The van der Waals surface area contributed by atoms with Crippen LogP contribution in [-0.2, 0) is 9.59 Å². The van der Waals surface area contributed by atoms with Crippen molar-refractivity contribution in [3.05, 3.63) is 129 Å². The third-order valence-electron chi connectivity index (χ3n) is 12.2. The number of allylic oxidation sites excluding steroid dienone is 4. The van der Waals surface area contributed by atoms with Crippen LogP contribution in [0.15, 0.2) is 96.1 Å². The molecule has 0 radical (unpaired) electrons. The van der Waals surface area contributed by atoms with Crippen molar-refractivity contribution in [3.8, 4) is 22.3 Å². The maximum atomic E-state index is 12.6. The molecule has 0 N–H and O–H groups in total. The summed E-state index contributed by atoms with van der Waals surface area (Å²) in [6.45, 7) is 44.6. The molecule has 4 heteroatoms. The molecule has 0 aromatic heterocycles. The highest BCUT2D eigenvalue weighted by atomic mass is 31.1. The molecular formula is C60H86O2P2. The van der Waals surface area contributed by atoms with Crippen LogP contribution in [-0.4, -0.2) is 21.9 Å². The summed E-state index contributed by atoms with van der Waals surface area (Å²) in [5, 5.41) is 2.76. The van der Waals surface area contributed by atoms with Gasteiger partial charge in [0.15, 0.2) is 5.78 Å². The number of hydrogen-bond acceptors (Lipinski definition) is 2. The van der Waals surface area contributed by atoms with E-state index in [9.17, 15) is 9.59 Å². The maximum Gasteiger partial charge on any atom is 0.178 e. The minimum atomic E-state index is -0.529. The highest BCUT2D eigenvalue weighted by molar-refractivity contribution is 7.69. The second kappa shape index (κ2) is 23.3. The van der Waals surface area contributed by atoms with Crippen LogP contribution in [0.25, 0.3) is 22.3 Å². The number of ketones is 2. The van der Waals surface area contributed by atoms with Crippen LogP contribution in [0.5, 0.6) is 0 Å². The second-order valence-electron chi connectivity index (χ2n) is 21.9. The molecule has 0 amide bonds. The van der Waals surface area contributed by atoms with Crippen molar-refractivity contribution >= 4 is 39.3 Å². The summed E-state index contributed by atoms with van der Waals surface area (Å²) in [6.07, 6.45) is 4.65. The summed E-state index contributed by atoms with van der Waals surface area (Å²) in [6, 6.07) is 27.6. The Kier molecular flexibility index (Phi) is 20.0. The van der Waals surface area contributed by atoms with Gasteiger partial charge in [-0.2, -0.15) is 0 Å². The highest BCUT2D eigenvalue weighted by Crippen LogP contribution is 2.65. The Bertz CT molecular complexity index is 2190. The number of carbonyl (C=O) groups excluding carboxylic acids is 2. The average molecular weight is 901 g/mol. The smallest absolute Gasteiger partial charge is 0.178 e. The first-order valence-corrected chi connectivity index (χ1v) is 26.0. The van der Waals surface area contributed by atoms with Crippen molar-refractivity contribution < 1.29 is 9.59 Å². The van der Waals surface area contributed by atoms with Gasteiger partial charge in [0, 0.05) is 12.8 Å². The van der Waals surface area contributed by atoms with E-state index in [1.165, 1.54) is 66.2 Å². The molecule has 1 unspecified atom stereocenters. The van der Waals surface area contributed by atoms with Crippen molar-refractivity contribution in [1.29, 1.82) is 0 Å². The van der Waals surface area contributed by atoms with Gasteiger partial charge >= 0.3 is 0 Å². The van der Waals surface area contributed by atoms with Gasteiger partial charge in [-0.05, 0) is 152 Å². The van der Waals surface area contributed by atoms with Gasteiger partial charge in [-0.15, -0.1) is 9.24 Å². The molecule has 1 atom stereocenters. The van der Waals surface area contributed by atoms with Crippen molar-refractivity contribution in [3.63, 3.8) is 0 Å². The van der Waals surface area contributed by atoms with Crippen molar-refractivity contribution in [1.82, 2.24) is 0 Å². The average Bonchev–Trinajstić information content (AvgIpc) is 3.15. The third-order valence-corrected chi connectivity index (χ3v) is 16.4. The van der Waals surface area contributed by atoms with Crippen LogP contribution in [0, 0.1) is 0 Å². The van der Waals surface area contributed by atoms with E-state index in [0.717, 1.165) is 11.1 Å². The molecule has 5 rings (SSSR count). The van der Waals surface area contributed by atoms with Crippen LogP contribution < -0.4 is 10.6 Å². The quantitative estimate of drug-likeness (QED) is 0.111. The molecule has 0 saturated carbocycles. The van der Waals surface area contributed by atoms with E-state index in [0.29, 0.717) is 54.1 Å². The lowest BCUT2D eigenvalue weighted by molar-refractivity contribution is -0.120. The highest BCUT2D eigenvalue weighted by Gasteiger charge is 2.48. The first kappa shape index (κ1) is 54.9. The zero-order valence-corrected chi connectivity index (χ0v) is 45.9. The number of hydrogen-bond donors (Lipinski definition) is 0. The lowest BCUT2D eigenvalue weighted by Crippen LogP contribution is -2.43. The summed E-state index contributed by atoms with van der Waals surface area (Å²) in [5.41, 5.74) is 16.5. The van der Waals surface area contributed by atoms with Gasteiger partial charge in [0.05, 0.1) is 0 Å². The van der Waals surface area contributed by atoms with Gasteiger partial charge in [-0.25, -0.2) is 0 Å². The minimum Gasteiger partial charge on any atom is -0.300 e. The Hall–Kier alpha value is -3.44. The predicted molar refractivity (Wildman–Crippen MR) is 290 cm³/mol. The number of rotatable bonds is 11. The molecule has 1 fully saturated rings. The molecule has 1 aliphatic heterocycles. The molecule has 2 nitrogen and oxygen atoms in total. The van der Waals surface area contributed by atoms with Gasteiger partial charge in [-0.3, -0.25) is 9.59 Å².